The summed E-state index contributed by atoms with van der Waals surface area (Å²) in [6, 6.07) is 6.43. The molecule has 2 rings (SSSR count). The third-order valence-corrected chi connectivity index (χ3v) is 2.98. The number of para-hydroxylation sites is 1. The van der Waals surface area contributed by atoms with Crippen LogP contribution in [0.1, 0.15) is 18.1 Å². The third-order valence-electron chi connectivity index (χ3n) is 2.98. The molecular weight excluding hydrogens is 184 g/mol. The molecule has 2 aromatic rings. The molecule has 1 heterocycles. The topological polar surface area (TPSA) is 41.8 Å². The van der Waals surface area contributed by atoms with Gasteiger partial charge in [0.05, 0.1) is 0 Å². The first-order valence-corrected chi connectivity index (χ1v) is 5.48. The first kappa shape index (κ1) is 10.2. The van der Waals surface area contributed by atoms with Crippen molar-refractivity contribution in [2.45, 2.75) is 20.3 Å². The summed E-state index contributed by atoms with van der Waals surface area (Å²) in [7, 11) is 0. The van der Waals surface area contributed by atoms with Crippen LogP contribution in [0.3, 0.4) is 0 Å². The molecule has 1 aromatic carbocycles. The van der Waals surface area contributed by atoms with Crippen molar-refractivity contribution in [1.29, 1.82) is 0 Å². The molecule has 0 spiro atoms. The van der Waals surface area contributed by atoms with Crippen molar-refractivity contribution in [2.24, 2.45) is 11.7 Å². The van der Waals surface area contributed by atoms with Crippen molar-refractivity contribution < 1.29 is 0 Å². The number of aromatic amines is 1. The van der Waals surface area contributed by atoms with E-state index >= 15 is 0 Å². The van der Waals surface area contributed by atoms with Gasteiger partial charge in [0.25, 0.3) is 0 Å². The number of aromatic nitrogens is 1. The van der Waals surface area contributed by atoms with E-state index in [2.05, 4.69) is 43.2 Å². The molecule has 1 aromatic heterocycles. The van der Waals surface area contributed by atoms with Crippen molar-refractivity contribution in [1.82, 2.24) is 4.98 Å². The Bertz CT molecular complexity index is 457. The lowest BCUT2D eigenvalue weighted by atomic mass is 10.00. The van der Waals surface area contributed by atoms with Gasteiger partial charge in [-0.2, -0.15) is 0 Å². The number of rotatable bonds is 3. The number of nitrogens with one attached hydrogen (secondary N) is 1. The highest BCUT2D eigenvalue weighted by Gasteiger charge is 2.07. The maximum absolute atomic E-state index is 5.65. The summed E-state index contributed by atoms with van der Waals surface area (Å²) in [5, 5.41) is 1.34. The van der Waals surface area contributed by atoms with Gasteiger partial charge in [-0.3, -0.25) is 0 Å². The fourth-order valence-corrected chi connectivity index (χ4v) is 1.99. The van der Waals surface area contributed by atoms with E-state index < -0.39 is 0 Å². The molecule has 0 aliphatic rings. The van der Waals surface area contributed by atoms with Crippen LogP contribution in [0.4, 0.5) is 0 Å². The molecular formula is C13H18N2. The molecule has 15 heavy (non-hydrogen) atoms. The van der Waals surface area contributed by atoms with E-state index in [1.807, 2.05) is 0 Å². The van der Waals surface area contributed by atoms with Crippen molar-refractivity contribution in [2.75, 3.05) is 6.54 Å². The van der Waals surface area contributed by atoms with Gasteiger partial charge in [0.2, 0.25) is 0 Å². The van der Waals surface area contributed by atoms with E-state index in [4.69, 9.17) is 5.73 Å². The fourth-order valence-electron chi connectivity index (χ4n) is 1.99. The molecule has 2 nitrogen and oxygen atoms in total. The monoisotopic (exact) mass is 202 g/mol. The third kappa shape index (κ3) is 1.90. The van der Waals surface area contributed by atoms with E-state index in [1.54, 1.807) is 0 Å². The molecule has 0 saturated carbocycles. The average Bonchev–Trinajstić information content (AvgIpc) is 2.63. The standard InChI is InChI=1S/C13H18N2/c1-9(7-14)6-11-8-15-13-10(2)4-3-5-12(11)13/h3-5,8-9,15H,6-7,14H2,1-2H3. The Morgan fingerprint density at radius 2 is 2.20 bits per heavy atom. The van der Waals surface area contributed by atoms with Crippen LogP contribution in [-0.2, 0) is 6.42 Å². The van der Waals surface area contributed by atoms with Crippen LogP contribution in [0.5, 0.6) is 0 Å². The molecule has 0 fully saturated rings. The Kier molecular flexibility index (Phi) is 2.78. The zero-order valence-corrected chi connectivity index (χ0v) is 9.38. The Morgan fingerprint density at radius 1 is 1.40 bits per heavy atom. The quantitative estimate of drug-likeness (QED) is 0.789. The summed E-state index contributed by atoms with van der Waals surface area (Å²) in [5.41, 5.74) is 9.60. The second kappa shape index (κ2) is 4.07. The van der Waals surface area contributed by atoms with Crippen LogP contribution >= 0.6 is 0 Å². The van der Waals surface area contributed by atoms with E-state index in [9.17, 15) is 0 Å². The van der Waals surface area contributed by atoms with Crippen molar-refractivity contribution in [3.05, 3.63) is 35.5 Å². The number of hydrogen-bond acceptors (Lipinski definition) is 1. The van der Waals surface area contributed by atoms with E-state index in [-0.39, 0.29) is 0 Å². The maximum atomic E-state index is 5.65. The number of H-pyrrole nitrogens is 1. The second-order valence-corrected chi connectivity index (χ2v) is 4.36. The van der Waals surface area contributed by atoms with E-state index in [0.29, 0.717) is 5.92 Å². The molecule has 0 saturated heterocycles. The van der Waals surface area contributed by atoms with Gasteiger partial charge in [-0.25, -0.2) is 0 Å². The van der Waals surface area contributed by atoms with Gasteiger partial charge in [0.1, 0.15) is 0 Å². The first-order chi connectivity index (χ1) is 7.22. The largest absolute Gasteiger partial charge is 0.361 e. The molecule has 0 bridgehead atoms. The summed E-state index contributed by atoms with van der Waals surface area (Å²) in [6.07, 6.45) is 3.17. The summed E-state index contributed by atoms with van der Waals surface area (Å²) in [6.45, 7) is 5.07. The zero-order valence-electron chi connectivity index (χ0n) is 9.38. The number of nitrogens with two attached hydrogens (primary N) is 1. The SMILES string of the molecule is Cc1cccc2c(CC(C)CN)c[nH]c12. The average molecular weight is 202 g/mol. The minimum absolute atomic E-state index is 0.546. The minimum atomic E-state index is 0.546. The molecule has 1 atom stereocenters. The summed E-state index contributed by atoms with van der Waals surface area (Å²) < 4.78 is 0. The lowest BCUT2D eigenvalue weighted by molar-refractivity contribution is 0.595. The van der Waals surface area contributed by atoms with Crippen molar-refractivity contribution in [3.63, 3.8) is 0 Å². The molecule has 0 radical (unpaired) electrons. The lowest BCUT2D eigenvalue weighted by Crippen LogP contribution is -2.12. The van der Waals surface area contributed by atoms with Crippen LogP contribution in [0.25, 0.3) is 10.9 Å². The number of hydrogen-bond donors (Lipinski definition) is 2. The smallest absolute Gasteiger partial charge is 0.0486 e. The summed E-state index contributed by atoms with van der Waals surface area (Å²) in [5.74, 6) is 0.546. The molecule has 0 aliphatic carbocycles. The summed E-state index contributed by atoms with van der Waals surface area (Å²) >= 11 is 0. The van der Waals surface area contributed by atoms with Gasteiger partial charge >= 0.3 is 0 Å². The lowest BCUT2D eigenvalue weighted by Gasteiger charge is -2.06. The van der Waals surface area contributed by atoms with Crippen LogP contribution in [0, 0.1) is 12.8 Å². The van der Waals surface area contributed by atoms with Gasteiger partial charge in [-0.05, 0) is 36.9 Å². The first-order valence-electron chi connectivity index (χ1n) is 5.48. The Morgan fingerprint density at radius 3 is 2.93 bits per heavy atom. The summed E-state index contributed by atoms with van der Waals surface area (Å²) in [4.78, 5) is 3.35. The maximum Gasteiger partial charge on any atom is 0.0486 e. The van der Waals surface area contributed by atoms with Crippen LogP contribution in [-0.4, -0.2) is 11.5 Å². The van der Waals surface area contributed by atoms with Gasteiger partial charge in [0.15, 0.2) is 0 Å². The van der Waals surface area contributed by atoms with Crippen LogP contribution in [0.15, 0.2) is 24.4 Å². The highest BCUT2D eigenvalue weighted by molar-refractivity contribution is 5.85. The molecule has 2 heteroatoms. The molecule has 0 amide bonds. The zero-order chi connectivity index (χ0) is 10.8. The highest BCUT2D eigenvalue weighted by Crippen LogP contribution is 2.23. The van der Waals surface area contributed by atoms with Gasteiger partial charge < -0.3 is 10.7 Å². The normalized spacial score (nSPS) is 13.3. The minimum Gasteiger partial charge on any atom is -0.361 e. The van der Waals surface area contributed by atoms with Gasteiger partial charge in [-0.15, -0.1) is 0 Å². The predicted molar refractivity (Wildman–Crippen MR) is 65.0 cm³/mol. The Balaban J connectivity index is 2.41. The molecule has 1 unspecified atom stereocenters. The fraction of sp³-hybridized carbons (Fsp3) is 0.385. The molecule has 0 aliphatic heterocycles. The van der Waals surface area contributed by atoms with Crippen LogP contribution in [0.2, 0.25) is 0 Å². The Labute approximate surface area is 90.5 Å². The van der Waals surface area contributed by atoms with Gasteiger partial charge in [0, 0.05) is 17.1 Å². The van der Waals surface area contributed by atoms with Crippen molar-refractivity contribution >= 4 is 10.9 Å². The Hall–Kier alpha value is -1.28. The number of aryl methyl sites for hydroxylation is 1. The van der Waals surface area contributed by atoms with Gasteiger partial charge in [-0.1, -0.05) is 25.1 Å². The predicted octanol–water partition coefficient (Wildman–Crippen LogP) is 2.61. The second-order valence-electron chi connectivity index (χ2n) is 4.36. The highest BCUT2D eigenvalue weighted by atomic mass is 14.7. The number of fused-ring (bicyclic) bond motifs is 1. The number of benzene rings is 1. The van der Waals surface area contributed by atoms with E-state index in [0.717, 1.165) is 13.0 Å². The van der Waals surface area contributed by atoms with Crippen LogP contribution < -0.4 is 5.73 Å². The van der Waals surface area contributed by atoms with Crippen molar-refractivity contribution in [3.8, 4) is 0 Å². The molecule has 80 valence electrons. The van der Waals surface area contributed by atoms with E-state index in [1.165, 1.54) is 22.0 Å². The molecule has 3 N–H and O–H groups in total.